The van der Waals surface area contributed by atoms with Crippen molar-refractivity contribution in [1.29, 1.82) is 0 Å². The van der Waals surface area contributed by atoms with Crippen LogP contribution in [0.25, 0.3) is 0 Å². The topological polar surface area (TPSA) is 82.5 Å². The summed E-state index contributed by atoms with van der Waals surface area (Å²) in [5, 5.41) is 13.6. The normalized spacial score (nSPS) is 17.7. The molecule has 1 aromatic carbocycles. The number of Topliss-reactive ketones (excluding diaryl/α,β-unsaturated/α-hetero) is 1. The fourth-order valence-electron chi connectivity index (χ4n) is 4.98. The van der Waals surface area contributed by atoms with Gasteiger partial charge >= 0.3 is 5.97 Å². The van der Waals surface area contributed by atoms with Gasteiger partial charge in [0.05, 0.1) is 0 Å². The Labute approximate surface area is 200 Å². The van der Waals surface area contributed by atoms with Crippen molar-refractivity contribution >= 4 is 29.2 Å². The van der Waals surface area contributed by atoms with Crippen molar-refractivity contribution in [2.75, 3.05) is 25.0 Å². The standard InChI is InChI=1S/C26H32ClN3O3/c27-22-9-3-2-8-21(22)24(26(32)33)30-16-13-18(14-17-30)23(31)10-4-1-7-20-12-11-19-6-5-15-28-25(19)29-20/h2-3,8-9,11-12,18,24H,1,4-7,10,13-17H2,(H,28,29)(H,32,33). The number of benzene rings is 1. The number of likely N-dealkylation sites (tertiary alicyclic amines) is 1. The molecule has 6 nitrogen and oxygen atoms in total. The third-order valence-electron chi connectivity index (χ3n) is 6.84. The number of anilines is 1. The fourth-order valence-corrected chi connectivity index (χ4v) is 5.22. The van der Waals surface area contributed by atoms with Gasteiger partial charge in [0.1, 0.15) is 17.6 Å². The van der Waals surface area contributed by atoms with Crippen LogP contribution in [0.3, 0.4) is 0 Å². The lowest BCUT2D eigenvalue weighted by molar-refractivity contribution is -0.144. The highest BCUT2D eigenvalue weighted by molar-refractivity contribution is 6.31. The van der Waals surface area contributed by atoms with E-state index in [1.807, 2.05) is 11.0 Å². The lowest BCUT2D eigenvalue weighted by atomic mass is 9.88. The van der Waals surface area contributed by atoms with E-state index in [2.05, 4.69) is 17.4 Å². The van der Waals surface area contributed by atoms with Crippen LogP contribution in [0.15, 0.2) is 36.4 Å². The van der Waals surface area contributed by atoms with Crippen molar-refractivity contribution in [2.24, 2.45) is 5.92 Å². The Morgan fingerprint density at radius 1 is 1.15 bits per heavy atom. The molecule has 2 aliphatic rings. The summed E-state index contributed by atoms with van der Waals surface area (Å²) in [6.07, 6.45) is 6.93. The second-order valence-electron chi connectivity index (χ2n) is 9.09. The van der Waals surface area contributed by atoms with Crippen molar-refractivity contribution in [3.05, 3.63) is 58.2 Å². The molecule has 33 heavy (non-hydrogen) atoms. The molecule has 0 bridgehead atoms. The molecule has 1 fully saturated rings. The molecule has 7 heteroatoms. The van der Waals surface area contributed by atoms with Crippen LogP contribution in [0.1, 0.15) is 61.4 Å². The number of carboxylic acids is 1. The number of carboxylic acid groups (broad SMARTS) is 1. The maximum atomic E-state index is 12.8. The summed E-state index contributed by atoms with van der Waals surface area (Å²) in [6, 6.07) is 10.6. The molecular formula is C26H32ClN3O3. The molecule has 1 atom stereocenters. The van der Waals surface area contributed by atoms with E-state index in [4.69, 9.17) is 16.6 Å². The van der Waals surface area contributed by atoms with E-state index in [9.17, 15) is 14.7 Å². The summed E-state index contributed by atoms with van der Waals surface area (Å²) in [6.45, 7) is 2.16. The summed E-state index contributed by atoms with van der Waals surface area (Å²) in [7, 11) is 0. The van der Waals surface area contributed by atoms with Crippen LogP contribution in [0.2, 0.25) is 5.02 Å². The number of ketones is 1. The average Bonchev–Trinajstić information content (AvgIpc) is 2.83. The molecule has 1 aromatic heterocycles. The molecule has 2 aromatic rings. The third kappa shape index (κ3) is 5.92. The fraction of sp³-hybridized carbons (Fsp3) is 0.500. The lowest BCUT2D eigenvalue weighted by Gasteiger charge is -2.35. The number of carbonyl (C=O) groups is 2. The summed E-state index contributed by atoms with van der Waals surface area (Å²) in [4.78, 5) is 31.4. The Hall–Kier alpha value is -2.44. The quantitative estimate of drug-likeness (QED) is 0.507. The van der Waals surface area contributed by atoms with Gasteiger partial charge in [0.2, 0.25) is 0 Å². The van der Waals surface area contributed by atoms with Crippen LogP contribution >= 0.6 is 11.6 Å². The van der Waals surface area contributed by atoms with Gasteiger partial charge in [0.25, 0.3) is 0 Å². The molecule has 176 valence electrons. The molecule has 4 rings (SSSR count). The number of hydrogen-bond donors (Lipinski definition) is 2. The molecular weight excluding hydrogens is 438 g/mol. The summed E-state index contributed by atoms with van der Waals surface area (Å²) in [5.41, 5.74) is 3.00. The van der Waals surface area contributed by atoms with E-state index in [0.29, 0.717) is 48.7 Å². The van der Waals surface area contributed by atoms with E-state index in [1.54, 1.807) is 18.2 Å². The number of pyridine rings is 1. The number of aryl methyl sites for hydroxylation is 2. The van der Waals surface area contributed by atoms with Gasteiger partial charge in [-0.25, -0.2) is 4.98 Å². The second-order valence-corrected chi connectivity index (χ2v) is 9.49. The number of hydrogen-bond acceptors (Lipinski definition) is 5. The molecule has 0 spiro atoms. The van der Waals surface area contributed by atoms with Crippen molar-refractivity contribution in [2.45, 2.75) is 57.4 Å². The van der Waals surface area contributed by atoms with Crippen LogP contribution in [-0.2, 0) is 22.4 Å². The van der Waals surface area contributed by atoms with Crippen LogP contribution < -0.4 is 5.32 Å². The molecule has 0 aliphatic carbocycles. The minimum absolute atomic E-state index is 0.0213. The van der Waals surface area contributed by atoms with Gasteiger partial charge in [-0.3, -0.25) is 14.5 Å². The number of piperidine rings is 1. The minimum Gasteiger partial charge on any atom is -0.480 e. The molecule has 0 radical (unpaired) electrons. The zero-order chi connectivity index (χ0) is 23.2. The molecule has 2 aliphatic heterocycles. The summed E-state index contributed by atoms with van der Waals surface area (Å²) >= 11 is 6.26. The third-order valence-corrected chi connectivity index (χ3v) is 7.19. The predicted molar refractivity (Wildman–Crippen MR) is 130 cm³/mol. The van der Waals surface area contributed by atoms with E-state index >= 15 is 0 Å². The number of fused-ring (bicyclic) bond motifs is 1. The van der Waals surface area contributed by atoms with Crippen LogP contribution in [0.4, 0.5) is 5.82 Å². The van der Waals surface area contributed by atoms with Gasteiger partial charge in [-0.2, -0.15) is 0 Å². The van der Waals surface area contributed by atoms with Gasteiger partial charge < -0.3 is 10.4 Å². The number of aromatic nitrogens is 1. The maximum Gasteiger partial charge on any atom is 0.325 e. The molecule has 0 saturated carbocycles. The highest BCUT2D eigenvalue weighted by atomic mass is 35.5. The Kier molecular flexibility index (Phi) is 7.99. The first kappa shape index (κ1) is 23.7. The number of nitrogens with zero attached hydrogens (tertiary/aromatic N) is 2. The number of nitrogens with one attached hydrogen (secondary N) is 1. The van der Waals surface area contributed by atoms with Crippen LogP contribution in [0, 0.1) is 5.92 Å². The van der Waals surface area contributed by atoms with E-state index < -0.39 is 12.0 Å². The van der Waals surface area contributed by atoms with Gasteiger partial charge in [-0.15, -0.1) is 0 Å². The lowest BCUT2D eigenvalue weighted by Crippen LogP contribution is -2.41. The van der Waals surface area contributed by atoms with Gasteiger partial charge in [-0.05, 0) is 81.3 Å². The molecule has 3 heterocycles. The zero-order valence-electron chi connectivity index (χ0n) is 18.9. The molecule has 0 amide bonds. The monoisotopic (exact) mass is 469 g/mol. The predicted octanol–water partition coefficient (Wildman–Crippen LogP) is 4.91. The Balaban J connectivity index is 1.22. The molecule has 2 N–H and O–H groups in total. The SMILES string of the molecule is O=C(CCCCc1ccc2c(n1)NCCC2)C1CCN(C(C(=O)O)c2ccccc2Cl)CC1. The molecule has 1 unspecified atom stereocenters. The second kappa shape index (κ2) is 11.1. The zero-order valence-corrected chi connectivity index (χ0v) is 19.7. The van der Waals surface area contributed by atoms with Crippen molar-refractivity contribution in [3.63, 3.8) is 0 Å². The Bertz CT molecular complexity index is 988. The average molecular weight is 470 g/mol. The smallest absolute Gasteiger partial charge is 0.325 e. The van der Waals surface area contributed by atoms with Crippen molar-refractivity contribution < 1.29 is 14.7 Å². The first-order valence-corrected chi connectivity index (χ1v) is 12.4. The minimum atomic E-state index is -0.904. The van der Waals surface area contributed by atoms with Crippen LogP contribution in [0.5, 0.6) is 0 Å². The van der Waals surface area contributed by atoms with Gasteiger partial charge in [-0.1, -0.05) is 35.9 Å². The first-order chi connectivity index (χ1) is 16.0. The van der Waals surface area contributed by atoms with Gasteiger partial charge in [0.15, 0.2) is 0 Å². The number of carbonyl (C=O) groups excluding carboxylic acids is 1. The number of rotatable bonds is 9. The molecule has 1 saturated heterocycles. The summed E-state index contributed by atoms with van der Waals surface area (Å²) < 4.78 is 0. The maximum absolute atomic E-state index is 12.8. The van der Waals surface area contributed by atoms with Crippen LogP contribution in [-0.4, -0.2) is 46.4 Å². The first-order valence-electron chi connectivity index (χ1n) is 12.0. The summed E-state index contributed by atoms with van der Waals surface area (Å²) in [5.74, 6) is 0.448. The Morgan fingerprint density at radius 2 is 1.94 bits per heavy atom. The number of aliphatic carboxylic acids is 1. The van der Waals surface area contributed by atoms with E-state index in [1.165, 1.54) is 5.56 Å². The number of unbranched alkanes of at least 4 members (excludes halogenated alkanes) is 1. The highest BCUT2D eigenvalue weighted by Crippen LogP contribution is 2.32. The van der Waals surface area contributed by atoms with Gasteiger partial charge in [0, 0.05) is 29.6 Å². The van der Waals surface area contributed by atoms with E-state index in [0.717, 1.165) is 50.2 Å². The van der Waals surface area contributed by atoms with Crippen molar-refractivity contribution in [3.8, 4) is 0 Å². The Morgan fingerprint density at radius 3 is 2.70 bits per heavy atom. The largest absolute Gasteiger partial charge is 0.480 e. The highest BCUT2D eigenvalue weighted by Gasteiger charge is 2.33. The number of halogens is 1. The van der Waals surface area contributed by atoms with E-state index in [-0.39, 0.29) is 5.92 Å². The van der Waals surface area contributed by atoms with Crippen molar-refractivity contribution in [1.82, 2.24) is 9.88 Å².